The molecular weight excluding hydrogens is 614 g/mol. The number of amides is 2. The van der Waals surface area contributed by atoms with Gasteiger partial charge in [-0.25, -0.2) is 9.59 Å². The Kier molecular flexibility index (Phi) is 11.1. The molecule has 4 rings (SSSR count). The summed E-state index contributed by atoms with van der Waals surface area (Å²) in [5, 5.41) is 16.1. The van der Waals surface area contributed by atoms with E-state index in [1.54, 1.807) is 38.9 Å². The van der Waals surface area contributed by atoms with Crippen LogP contribution in [-0.2, 0) is 23.9 Å². The third-order valence-corrected chi connectivity index (χ3v) is 9.08. The zero-order chi connectivity index (χ0) is 35.4. The van der Waals surface area contributed by atoms with Crippen molar-refractivity contribution in [3.05, 3.63) is 65.6 Å². The van der Waals surface area contributed by atoms with E-state index in [1.807, 2.05) is 63.3 Å². The quantitative estimate of drug-likeness (QED) is 0.198. The number of ether oxygens (including phenoxy) is 2. The van der Waals surface area contributed by atoms with Crippen molar-refractivity contribution in [2.24, 2.45) is 28.0 Å². The first kappa shape index (κ1) is 36.2. The number of fused-ring (bicyclic) bond motifs is 1. The van der Waals surface area contributed by atoms with Crippen LogP contribution in [0.15, 0.2) is 65.0 Å². The fourth-order valence-corrected chi connectivity index (χ4v) is 6.65. The van der Waals surface area contributed by atoms with Crippen molar-refractivity contribution in [3.63, 3.8) is 0 Å². The van der Waals surface area contributed by atoms with E-state index in [1.165, 1.54) is 0 Å². The molecule has 1 aromatic rings. The number of carbonyl (C=O) groups excluding carboxylic acids is 3. The average Bonchev–Trinajstić information content (AvgIpc) is 3.48. The molecule has 0 spiro atoms. The summed E-state index contributed by atoms with van der Waals surface area (Å²) < 4.78 is 11.0. The molecule has 1 aromatic carbocycles. The van der Waals surface area contributed by atoms with E-state index in [0.717, 1.165) is 5.56 Å². The number of aliphatic carboxylic acids is 1. The van der Waals surface area contributed by atoms with Crippen molar-refractivity contribution in [1.29, 1.82) is 0 Å². The summed E-state index contributed by atoms with van der Waals surface area (Å²) >= 11 is 0. The van der Waals surface area contributed by atoms with E-state index in [4.69, 9.17) is 15.2 Å². The number of benzene rings is 1. The van der Waals surface area contributed by atoms with Crippen LogP contribution in [0.4, 0.5) is 4.79 Å². The summed E-state index contributed by atoms with van der Waals surface area (Å²) in [4.78, 5) is 59.7. The number of carboxylic acids is 1. The number of carbonyl (C=O) groups is 4. The van der Waals surface area contributed by atoms with Crippen LogP contribution in [0.5, 0.6) is 0 Å². The fourth-order valence-electron chi connectivity index (χ4n) is 6.65. The van der Waals surface area contributed by atoms with Gasteiger partial charge in [0, 0.05) is 30.1 Å². The Balaban J connectivity index is 1.78. The van der Waals surface area contributed by atoms with Crippen molar-refractivity contribution >= 4 is 35.3 Å². The van der Waals surface area contributed by atoms with Crippen LogP contribution in [0.3, 0.4) is 0 Å². The number of nitrogens with two attached hydrogens (primary N) is 1. The molecule has 12 heteroatoms. The van der Waals surface area contributed by atoms with Gasteiger partial charge in [0.15, 0.2) is 5.78 Å². The molecule has 1 aliphatic carbocycles. The van der Waals surface area contributed by atoms with Gasteiger partial charge in [-0.2, -0.15) is 0 Å². The summed E-state index contributed by atoms with van der Waals surface area (Å²) in [5.74, 6) is -1.85. The number of alkyl carbamates (subject to hydrolysis) is 1. The van der Waals surface area contributed by atoms with E-state index in [9.17, 15) is 24.3 Å². The van der Waals surface area contributed by atoms with Gasteiger partial charge >= 0.3 is 12.1 Å². The largest absolute Gasteiger partial charge is 0.497 e. The first-order valence-corrected chi connectivity index (χ1v) is 16.5. The highest BCUT2D eigenvalue weighted by atomic mass is 16.6. The van der Waals surface area contributed by atoms with Crippen LogP contribution < -0.4 is 16.4 Å². The van der Waals surface area contributed by atoms with Crippen LogP contribution in [0.2, 0.25) is 0 Å². The second-order valence-corrected chi connectivity index (χ2v) is 14.0. The predicted molar refractivity (Wildman–Crippen MR) is 182 cm³/mol. The minimum absolute atomic E-state index is 0.00549. The number of hydrogen-bond acceptors (Lipinski definition) is 8. The molecule has 5 N–H and O–H groups in total. The number of allylic oxidation sites excluding steroid dienone is 4. The van der Waals surface area contributed by atoms with Crippen molar-refractivity contribution in [2.45, 2.75) is 91.0 Å². The summed E-state index contributed by atoms with van der Waals surface area (Å²) in [5.41, 5.74) is 6.85. The zero-order valence-electron chi connectivity index (χ0n) is 28.9. The molecule has 2 unspecified atom stereocenters. The molecule has 0 bridgehead atoms. The average molecular weight is 664 g/mol. The number of aliphatic imine (C=N–C) groups is 1. The first-order chi connectivity index (χ1) is 22.6. The summed E-state index contributed by atoms with van der Waals surface area (Å²) in [6.07, 6.45) is 5.94. The van der Waals surface area contributed by atoms with Crippen LogP contribution in [0.25, 0.3) is 5.70 Å². The van der Waals surface area contributed by atoms with Gasteiger partial charge in [-0.05, 0) is 63.5 Å². The van der Waals surface area contributed by atoms with E-state index in [0.29, 0.717) is 30.0 Å². The van der Waals surface area contributed by atoms with E-state index in [-0.39, 0.29) is 36.9 Å². The normalized spacial score (nSPS) is 24.0. The maximum absolute atomic E-state index is 14.4. The third kappa shape index (κ3) is 7.74. The molecule has 0 saturated carbocycles. The molecule has 5 atom stereocenters. The number of likely N-dealkylation sites (tertiary alicyclic amines) is 1. The Morgan fingerprint density at radius 1 is 1.19 bits per heavy atom. The summed E-state index contributed by atoms with van der Waals surface area (Å²) in [6, 6.07) is 6.63. The topological polar surface area (TPSA) is 173 Å². The van der Waals surface area contributed by atoms with Gasteiger partial charge in [0.2, 0.25) is 5.91 Å². The number of hydrogen-bond donors (Lipinski definition) is 4. The monoisotopic (exact) mass is 663 g/mol. The molecule has 260 valence electrons. The van der Waals surface area contributed by atoms with Gasteiger partial charge in [0.05, 0.1) is 18.6 Å². The van der Waals surface area contributed by atoms with Gasteiger partial charge in [-0.1, -0.05) is 57.5 Å². The number of methoxy groups -OCH3 is 1. The van der Waals surface area contributed by atoms with Crippen molar-refractivity contribution in [1.82, 2.24) is 15.5 Å². The molecule has 12 nitrogen and oxygen atoms in total. The SMILES string of the molecule is CCC[C@H](N=C(N)[C@@H]1C[C@@H](C23CC=C(OC)C=C2NC(c2ccccc2)=CC3=O)CN1C(=O)C(NC(=O)OC(C)(C)C)C(C)C)C(=O)O. The second-order valence-electron chi connectivity index (χ2n) is 14.0. The molecule has 1 fully saturated rings. The smallest absolute Gasteiger partial charge is 0.408 e. The molecule has 0 radical (unpaired) electrons. The predicted octanol–water partition coefficient (Wildman–Crippen LogP) is 4.38. The Labute approximate surface area is 282 Å². The minimum atomic E-state index is -1.11. The highest BCUT2D eigenvalue weighted by Gasteiger charge is 2.56. The second kappa shape index (κ2) is 14.7. The van der Waals surface area contributed by atoms with E-state index in [2.05, 4.69) is 15.6 Å². The molecule has 0 aromatic heterocycles. The lowest BCUT2D eigenvalue weighted by Crippen LogP contribution is -2.55. The van der Waals surface area contributed by atoms with Crippen molar-refractivity contribution in [2.75, 3.05) is 13.7 Å². The maximum Gasteiger partial charge on any atom is 0.408 e. The number of ketones is 1. The number of nitrogens with zero attached hydrogens (tertiary/aromatic N) is 2. The number of rotatable bonds is 11. The maximum atomic E-state index is 14.4. The highest BCUT2D eigenvalue weighted by Crippen LogP contribution is 2.51. The minimum Gasteiger partial charge on any atom is -0.497 e. The highest BCUT2D eigenvalue weighted by molar-refractivity contribution is 6.06. The van der Waals surface area contributed by atoms with E-state index < -0.39 is 53.0 Å². The molecule has 2 heterocycles. The van der Waals surface area contributed by atoms with Gasteiger partial charge < -0.3 is 35.8 Å². The van der Waals surface area contributed by atoms with Gasteiger partial charge in [0.1, 0.15) is 29.3 Å². The van der Waals surface area contributed by atoms with Crippen LogP contribution in [0.1, 0.15) is 72.8 Å². The number of nitrogens with one attached hydrogen (secondary N) is 2. The number of amidine groups is 1. The first-order valence-electron chi connectivity index (χ1n) is 16.5. The molecule has 2 amide bonds. The molecule has 3 aliphatic rings. The number of carboxylic acid groups (broad SMARTS) is 1. The molecule has 1 saturated heterocycles. The Morgan fingerprint density at radius 3 is 2.46 bits per heavy atom. The molecule has 48 heavy (non-hydrogen) atoms. The lowest BCUT2D eigenvalue weighted by Gasteiger charge is -2.43. The van der Waals surface area contributed by atoms with Gasteiger partial charge in [-0.3, -0.25) is 14.6 Å². The van der Waals surface area contributed by atoms with Crippen LogP contribution >= 0.6 is 0 Å². The lowest BCUT2D eigenvalue weighted by molar-refractivity contribution is -0.138. The Hall–Kier alpha value is -4.61. The van der Waals surface area contributed by atoms with Crippen molar-refractivity contribution in [3.8, 4) is 0 Å². The van der Waals surface area contributed by atoms with Crippen LogP contribution in [-0.4, -0.2) is 77.0 Å². The van der Waals surface area contributed by atoms with Crippen LogP contribution in [0, 0.1) is 17.3 Å². The van der Waals surface area contributed by atoms with E-state index >= 15 is 0 Å². The Morgan fingerprint density at radius 2 is 1.88 bits per heavy atom. The summed E-state index contributed by atoms with van der Waals surface area (Å²) in [6.45, 7) is 10.8. The molecular formula is C36H49N5O7. The molecule has 2 aliphatic heterocycles. The van der Waals surface area contributed by atoms with Gasteiger partial charge in [-0.15, -0.1) is 0 Å². The van der Waals surface area contributed by atoms with Crippen molar-refractivity contribution < 1.29 is 33.8 Å². The standard InChI is InChI=1S/C36H49N5O7/c1-8-12-25(33(44)45)39-31(37)27-17-23(20-41(27)32(43)30(21(2)3)40-34(46)48-35(4,5)6)36-16-15-24(47-7)18-28(36)38-26(19-29(36)42)22-13-10-9-11-14-22/h9-11,13-15,18-19,21,23,25,27,30,38H,8,12,16-17,20H2,1-7H3,(H2,37,39)(H,40,46)(H,44,45)/t23-,25+,27+,30?,36?/m1/s1. The Bertz CT molecular complexity index is 1520. The fraction of sp³-hybridized carbons (Fsp3) is 0.528. The third-order valence-electron chi connectivity index (χ3n) is 9.08. The zero-order valence-corrected chi connectivity index (χ0v) is 28.9. The summed E-state index contributed by atoms with van der Waals surface area (Å²) in [7, 11) is 1.57. The van der Waals surface area contributed by atoms with Gasteiger partial charge in [0.25, 0.3) is 0 Å². The lowest BCUT2D eigenvalue weighted by atomic mass is 9.63.